The minimum absolute atomic E-state index is 0.207. The number of halogens is 2. The van der Waals surface area contributed by atoms with E-state index < -0.39 is 0 Å². The van der Waals surface area contributed by atoms with Crippen molar-refractivity contribution in [3.63, 3.8) is 0 Å². The molecule has 1 aliphatic rings. The Balaban J connectivity index is 2.18. The highest BCUT2D eigenvalue weighted by Crippen LogP contribution is 2.34. The van der Waals surface area contributed by atoms with Gasteiger partial charge in [-0.15, -0.1) is 0 Å². The van der Waals surface area contributed by atoms with E-state index in [9.17, 15) is 4.39 Å². The van der Waals surface area contributed by atoms with Crippen molar-refractivity contribution < 1.29 is 4.39 Å². The van der Waals surface area contributed by atoms with E-state index in [0.717, 1.165) is 18.8 Å². The van der Waals surface area contributed by atoms with Crippen LogP contribution < -0.4 is 10.6 Å². The lowest BCUT2D eigenvalue weighted by Gasteiger charge is -2.36. The number of thiocarbonyl (C=S) groups is 1. The lowest BCUT2D eigenvalue weighted by molar-refractivity contribution is 0.312. The molecule has 0 radical (unpaired) electrons. The summed E-state index contributed by atoms with van der Waals surface area (Å²) >= 11 is 8.21. The van der Waals surface area contributed by atoms with E-state index in [1.165, 1.54) is 19.3 Å². The first-order valence-electron chi connectivity index (χ1n) is 7.46. The molecule has 0 unspecified atom stereocenters. The highest BCUT2D eigenvalue weighted by molar-refractivity contribution is 9.10. The minimum Gasteiger partial charge on any atom is -0.389 e. The Kier molecular flexibility index (Phi) is 5.60. The highest BCUT2D eigenvalue weighted by atomic mass is 79.9. The first kappa shape index (κ1) is 16.7. The molecule has 0 spiro atoms. The van der Waals surface area contributed by atoms with Gasteiger partial charge < -0.3 is 10.6 Å². The van der Waals surface area contributed by atoms with Crippen LogP contribution in [-0.4, -0.2) is 18.1 Å². The Morgan fingerprint density at radius 1 is 1.38 bits per heavy atom. The summed E-state index contributed by atoms with van der Waals surface area (Å²) in [6.07, 6.45) is 5.98. The number of hydrogen-bond donors (Lipinski definition) is 1. The molecule has 0 saturated heterocycles. The van der Waals surface area contributed by atoms with Crippen molar-refractivity contribution in [2.75, 3.05) is 11.9 Å². The Hall–Kier alpha value is -0.680. The molecule has 0 aliphatic heterocycles. The average Bonchev–Trinajstić information content (AvgIpc) is 2.49. The fraction of sp³-hybridized carbons (Fsp3) is 0.562. The minimum atomic E-state index is -0.277. The van der Waals surface area contributed by atoms with Gasteiger partial charge in [0.15, 0.2) is 5.82 Å². The molecule has 0 heterocycles. The molecule has 5 heteroatoms. The molecule has 2 nitrogen and oxygen atoms in total. The van der Waals surface area contributed by atoms with E-state index in [1.54, 1.807) is 12.1 Å². The third kappa shape index (κ3) is 3.57. The van der Waals surface area contributed by atoms with Crippen molar-refractivity contribution in [2.45, 2.75) is 45.1 Å². The maximum Gasteiger partial charge on any atom is 0.161 e. The first-order chi connectivity index (χ1) is 9.95. The van der Waals surface area contributed by atoms with Crippen molar-refractivity contribution in [3.8, 4) is 0 Å². The van der Waals surface area contributed by atoms with E-state index in [4.69, 9.17) is 18.0 Å². The zero-order valence-corrected chi connectivity index (χ0v) is 14.9. The van der Waals surface area contributed by atoms with Crippen molar-refractivity contribution in [2.24, 2.45) is 11.7 Å². The molecule has 1 saturated carbocycles. The van der Waals surface area contributed by atoms with Gasteiger partial charge in [-0.2, -0.15) is 0 Å². The molecule has 1 aromatic rings. The predicted molar refractivity (Wildman–Crippen MR) is 94.4 cm³/mol. The standard InChI is InChI=1S/C16H22BrFN2S/c1-3-10-4-6-11(7-5-10)20(2)13-9-8-12(16(19)21)14(17)15(13)18/h8-11H,3-7H2,1-2H3,(H2,19,21). The van der Waals surface area contributed by atoms with E-state index in [-0.39, 0.29) is 10.8 Å². The van der Waals surface area contributed by atoms with E-state index in [1.807, 2.05) is 7.05 Å². The smallest absolute Gasteiger partial charge is 0.161 e. The molecule has 21 heavy (non-hydrogen) atoms. The monoisotopic (exact) mass is 372 g/mol. The molecule has 2 N–H and O–H groups in total. The number of hydrogen-bond acceptors (Lipinski definition) is 2. The maximum absolute atomic E-state index is 14.6. The van der Waals surface area contributed by atoms with Crippen LogP contribution in [0.25, 0.3) is 0 Å². The van der Waals surface area contributed by atoms with Crippen LogP contribution in [0.4, 0.5) is 10.1 Å². The van der Waals surface area contributed by atoms with Gasteiger partial charge >= 0.3 is 0 Å². The van der Waals surface area contributed by atoms with Gasteiger partial charge in [0, 0.05) is 18.7 Å². The van der Waals surface area contributed by atoms with Crippen LogP contribution in [0, 0.1) is 11.7 Å². The van der Waals surface area contributed by atoms with Gasteiger partial charge in [0.1, 0.15) is 4.99 Å². The number of nitrogens with two attached hydrogens (primary N) is 1. The SMILES string of the molecule is CCC1CCC(N(C)c2ccc(C(N)=S)c(Br)c2F)CC1. The van der Waals surface area contributed by atoms with Crippen molar-refractivity contribution >= 4 is 38.8 Å². The third-order valence-corrected chi connectivity index (χ3v) is 5.64. The maximum atomic E-state index is 14.6. The summed E-state index contributed by atoms with van der Waals surface area (Å²) in [5, 5.41) is 0. The second-order valence-electron chi connectivity index (χ2n) is 5.82. The number of anilines is 1. The Morgan fingerprint density at radius 3 is 2.52 bits per heavy atom. The van der Waals surface area contributed by atoms with Crippen LogP contribution in [0.15, 0.2) is 16.6 Å². The molecular formula is C16H22BrFN2S. The van der Waals surface area contributed by atoms with Gasteiger partial charge in [-0.05, 0) is 59.7 Å². The van der Waals surface area contributed by atoms with Crippen LogP contribution in [0.3, 0.4) is 0 Å². The Morgan fingerprint density at radius 2 is 2.00 bits per heavy atom. The number of rotatable bonds is 4. The van der Waals surface area contributed by atoms with Crippen molar-refractivity contribution in [3.05, 3.63) is 28.0 Å². The molecular weight excluding hydrogens is 351 g/mol. The van der Waals surface area contributed by atoms with Crippen LogP contribution in [0.1, 0.15) is 44.6 Å². The van der Waals surface area contributed by atoms with Gasteiger partial charge in [-0.1, -0.05) is 25.6 Å². The summed E-state index contributed by atoms with van der Waals surface area (Å²) < 4.78 is 14.9. The summed E-state index contributed by atoms with van der Waals surface area (Å²) in [5.41, 5.74) is 6.77. The third-order valence-electron chi connectivity index (χ3n) is 4.65. The van der Waals surface area contributed by atoms with Crippen LogP contribution in [0.2, 0.25) is 0 Å². The largest absolute Gasteiger partial charge is 0.389 e. The molecule has 2 rings (SSSR count). The molecule has 1 aromatic carbocycles. The van der Waals surface area contributed by atoms with Gasteiger partial charge in [0.05, 0.1) is 10.2 Å². The summed E-state index contributed by atoms with van der Waals surface area (Å²) in [5.74, 6) is 0.559. The fourth-order valence-electron chi connectivity index (χ4n) is 3.14. The van der Waals surface area contributed by atoms with Crippen LogP contribution in [-0.2, 0) is 0 Å². The lowest BCUT2D eigenvalue weighted by atomic mass is 9.84. The summed E-state index contributed by atoms with van der Waals surface area (Å²) in [4.78, 5) is 2.27. The first-order valence-corrected chi connectivity index (χ1v) is 8.66. The van der Waals surface area contributed by atoms with E-state index in [2.05, 4.69) is 27.8 Å². The predicted octanol–water partition coefficient (Wildman–Crippen LogP) is 4.63. The molecule has 1 aliphatic carbocycles. The lowest BCUT2D eigenvalue weighted by Crippen LogP contribution is -2.35. The van der Waals surface area contributed by atoms with Crippen LogP contribution >= 0.6 is 28.1 Å². The normalized spacial score (nSPS) is 22.1. The van der Waals surface area contributed by atoms with Gasteiger partial charge in [-0.25, -0.2) is 4.39 Å². The fourth-order valence-corrected chi connectivity index (χ4v) is 3.99. The Labute approximate surface area is 140 Å². The molecule has 0 aromatic heterocycles. The van der Waals surface area contributed by atoms with Gasteiger partial charge in [0.25, 0.3) is 0 Å². The van der Waals surface area contributed by atoms with Crippen molar-refractivity contribution in [1.82, 2.24) is 0 Å². The molecule has 116 valence electrons. The number of benzene rings is 1. The van der Waals surface area contributed by atoms with Crippen molar-refractivity contribution in [1.29, 1.82) is 0 Å². The summed E-state index contributed by atoms with van der Waals surface area (Å²) in [6.45, 7) is 2.25. The average molecular weight is 373 g/mol. The summed E-state index contributed by atoms with van der Waals surface area (Å²) in [6, 6.07) is 3.98. The second-order valence-corrected chi connectivity index (χ2v) is 7.05. The number of nitrogens with zero attached hydrogens (tertiary/aromatic N) is 1. The second kappa shape index (κ2) is 7.05. The van der Waals surface area contributed by atoms with Crippen LogP contribution in [0.5, 0.6) is 0 Å². The zero-order valence-electron chi connectivity index (χ0n) is 12.5. The molecule has 0 amide bonds. The molecule has 1 fully saturated rings. The van der Waals surface area contributed by atoms with E-state index in [0.29, 0.717) is 21.8 Å². The highest BCUT2D eigenvalue weighted by Gasteiger charge is 2.25. The zero-order chi connectivity index (χ0) is 15.6. The molecule has 0 bridgehead atoms. The summed E-state index contributed by atoms with van der Waals surface area (Å²) in [7, 11) is 1.97. The quantitative estimate of drug-likeness (QED) is 0.781. The van der Waals surface area contributed by atoms with Gasteiger partial charge in [-0.3, -0.25) is 0 Å². The van der Waals surface area contributed by atoms with E-state index >= 15 is 0 Å². The van der Waals surface area contributed by atoms with Gasteiger partial charge in [0.2, 0.25) is 0 Å². The Bertz CT molecular complexity index is 527. The molecule has 0 atom stereocenters. The topological polar surface area (TPSA) is 29.3 Å².